The lowest BCUT2D eigenvalue weighted by Gasteiger charge is -2.49. The molecule has 0 heterocycles. The first kappa shape index (κ1) is 20.0. The zero-order valence-corrected chi connectivity index (χ0v) is 16.9. The molecule has 0 saturated carbocycles. The summed E-state index contributed by atoms with van der Waals surface area (Å²) in [6, 6.07) is 1.10. The third kappa shape index (κ3) is 5.06. The van der Waals surface area contributed by atoms with E-state index in [0.717, 1.165) is 0 Å². The molecule has 1 nitrogen and oxygen atoms in total. The van der Waals surface area contributed by atoms with E-state index in [1.54, 1.807) is 5.44 Å². The number of nitrogens with zero attached hydrogens (tertiary/aromatic N) is 1. The van der Waals surface area contributed by atoms with Crippen molar-refractivity contribution < 1.29 is 0 Å². The van der Waals surface area contributed by atoms with Crippen molar-refractivity contribution in [2.45, 2.75) is 105 Å². The second kappa shape index (κ2) is 6.82. The van der Waals surface area contributed by atoms with E-state index in [9.17, 15) is 0 Å². The second-order valence-electron chi connectivity index (χ2n) is 8.60. The predicted molar refractivity (Wildman–Crippen MR) is 96.9 cm³/mol. The quantitative estimate of drug-likeness (QED) is 0.540. The Morgan fingerprint density at radius 1 is 0.750 bits per heavy atom. The fourth-order valence-corrected chi connectivity index (χ4v) is 7.75. The third-order valence-corrected chi connectivity index (χ3v) is 7.14. The molecule has 0 N–H and O–H groups in total. The lowest BCUT2D eigenvalue weighted by molar-refractivity contribution is 0.244. The molecule has 0 radical (unpaired) electrons. The van der Waals surface area contributed by atoms with E-state index in [-0.39, 0.29) is 7.92 Å². The molecule has 0 spiro atoms. The molecule has 0 fully saturated rings. The lowest BCUT2D eigenvalue weighted by atomic mass is 10.2. The Labute approximate surface area is 130 Å². The summed E-state index contributed by atoms with van der Waals surface area (Å²) >= 11 is 0. The van der Waals surface area contributed by atoms with Gasteiger partial charge in [-0.25, -0.2) is 0 Å². The molecule has 0 saturated heterocycles. The van der Waals surface area contributed by atoms with Crippen molar-refractivity contribution in [1.82, 2.24) is 4.90 Å². The lowest BCUT2D eigenvalue weighted by Crippen LogP contribution is -2.40. The molecule has 0 aliphatic heterocycles. The highest BCUT2D eigenvalue weighted by molar-refractivity contribution is 7.65. The van der Waals surface area contributed by atoms with Gasteiger partial charge in [0.1, 0.15) is 0 Å². The van der Waals surface area contributed by atoms with Crippen LogP contribution < -0.4 is 0 Å². The fraction of sp³-hybridized carbons (Fsp3) is 0.889. The van der Waals surface area contributed by atoms with Crippen LogP contribution in [0.1, 0.15) is 83.1 Å². The van der Waals surface area contributed by atoms with Gasteiger partial charge >= 0.3 is 0 Å². The van der Waals surface area contributed by atoms with Gasteiger partial charge in [0.05, 0.1) is 0 Å². The fourth-order valence-electron chi connectivity index (χ4n) is 3.32. The Kier molecular flexibility index (Phi) is 6.81. The Balaban J connectivity index is 6.10. The number of hydrogen-bond donors (Lipinski definition) is 0. The van der Waals surface area contributed by atoms with Gasteiger partial charge in [0.25, 0.3) is 0 Å². The van der Waals surface area contributed by atoms with Gasteiger partial charge in [-0.05, 0) is 59.8 Å². The minimum Gasteiger partial charge on any atom is -0.366 e. The van der Waals surface area contributed by atoms with Crippen molar-refractivity contribution in [2.75, 3.05) is 0 Å². The van der Waals surface area contributed by atoms with E-state index in [1.165, 1.54) is 5.57 Å². The van der Waals surface area contributed by atoms with Gasteiger partial charge in [0, 0.05) is 17.5 Å². The van der Waals surface area contributed by atoms with E-state index in [2.05, 4.69) is 88.0 Å². The molecule has 0 bridgehead atoms. The minimum absolute atomic E-state index is 0.244. The van der Waals surface area contributed by atoms with Crippen LogP contribution in [0.3, 0.4) is 0 Å². The van der Waals surface area contributed by atoms with Crippen LogP contribution in [0.4, 0.5) is 0 Å². The molecule has 2 heteroatoms. The van der Waals surface area contributed by atoms with Crippen LogP contribution >= 0.6 is 7.92 Å². The summed E-state index contributed by atoms with van der Waals surface area (Å²) in [5.41, 5.74) is 3.10. The van der Waals surface area contributed by atoms with Crippen LogP contribution in [-0.2, 0) is 0 Å². The highest BCUT2D eigenvalue weighted by Crippen LogP contribution is 2.66. The van der Waals surface area contributed by atoms with Gasteiger partial charge in [0.15, 0.2) is 0 Å². The largest absolute Gasteiger partial charge is 0.366 e. The molecule has 0 rings (SSSR count). The third-order valence-electron chi connectivity index (χ3n) is 3.36. The van der Waals surface area contributed by atoms with Crippen LogP contribution in [0.25, 0.3) is 0 Å². The Hall–Kier alpha value is -0.0300. The normalized spacial score (nSPS) is 13.3. The van der Waals surface area contributed by atoms with Gasteiger partial charge in [-0.15, -0.1) is 0 Å². The van der Waals surface area contributed by atoms with Crippen LogP contribution in [0.5, 0.6) is 0 Å². The smallest absolute Gasteiger partial charge is 0.0371 e. The van der Waals surface area contributed by atoms with E-state index in [0.29, 0.717) is 22.4 Å². The minimum atomic E-state index is -0.244. The maximum atomic E-state index is 2.65. The van der Waals surface area contributed by atoms with Crippen molar-refractivity contribution in [3.63, 3.8) is 0 Å². The summed E-state index contributed by atoms with van der Waals surface area (Å²) in [4.78, 5) is 2.65. The summed E-state index contributed by atoms with van der Waals surface area (Å²) < 4.78 is 0. The van der Waals surface area contributed by atoms with Gasteiger partial charge in [-0.1, -0.05) is 47.1 Å². The highest BCUT2D eigenvalue weighted by atomic mass is 31.1. The van der Waals surface area contributed by atoms with Crippen LogP contribution in [0, 0.1) is 0 Å². The van der Waals surface area contributed by atoms with Crippen molar-refractivity contribution in [1.29, 1.82) is 0 Å². The van der Waals surface area contributed by atoms with Gasteiger partial charge in [0.2, 0.25) is 0 Å². The molecule has 20 heavy (non-hydrogen) atoms. The second-order valence-corrected chi connectivity index (χ2v) is 12.4. The molecule has 0 amide bonds. The number of allylic oxidation sites excluding steroid dienone is 1. The Bertz CT molecular complexity index is 313. The number of hydrogen-bond acceptors (Lipinski definition) is 1. The zero-order chi connectivity index (χ0) is 16.5. The summed E-state index contributed by atoms with van der Waals surface area (Å²) in [6.45, 7) is 28.3. The Morgan fingerprint density at radius 3 is 1.20 bits per heavy atom. The van der Waals surface area contributed by atoms with Crippen molar-refractivity contribution in [3.05, 3.63) is 11.0 Å². The van der Waals surface area contributed by atoms with Gasteiger partial charge in [-0.2, -0.15) is 0 Å². The zero-order valence-electron chi connectivity index (χ0n) is 16.0. The molecule has 0 aromatic carbocycles. The van der Waals surface area contributed by atoms with E-state index < -0.39 is 0 Å². The van der Waals surface area contributed by atoms with Crippen LogP contribution in [0.2, 0.25) is 0 Å². The first-order chi connectivity index (χ1) is 8.71. The number of rotatable bonds is 4. The molecule has 0 unspecified atom stereocenters. The molecule has 0 atom stereocenters. The van der Waals surface area contributed by atoms with E-state index >= 15 is 0 Å². The first-order valence-electron chi connectivity index (χ1n) is 7.97. The Morgan fingerprint density at radius 2 is 1.05 bits per heavy atom. The maximum absolute atomic E-state index is 2.65. The average molecular weight is 299 g/mol. The van der Waals surface area contributed by atoms with Crippen molar-refractivity contribution >= 4 is 7.92 Å². The van der Waals surface area contributed by atoms with Crippen LogP contribution in [-0.4, -0.2) is 27.3 Å². The van der Waals surface area contributed by atoms with Crippen LogP contribution in [0.15, 0.2) is 11.0 Å². The predicted octanol–water partition coefficient (Wildman–Crippen LogP) is 6.44. The van der Waals surface area contributed by atoms with Gasteiger partial charge in [-0.3, -0.25) is 0 Å². The summed E-state index contributed by atoms with van der Waals surface area (Å²) in [5, 5.41) is 0.643. The first-order valence-corrected chi connectivity index (χ1v) is 9.31. The maximum Gasteiger partial charge on any atom is 0.0371 e. The molecule has 120 valence electrons. The topological polar surface area (TPSA) is 3.24 Å². The summed E-state index contributed by atoms with van der Waals surface area (Å²) in [5.74, 6) is 0. The average Bonchev–Trinajstić information content (AvgIpc) is 2.10. The monoisotopic (exact) mass is 299 g/mol. The standard InChI is InChI=1S/C18H38NP/c1-13(2)16(19(14(3)4)15(5)6)20(17(7,8)9)18(10,11)12/h14-15H,1-12H3. The molecule has 0 aromatic heterocycles. The highest BCUT2D eigenvalue weighted by Gasteiger charge is 2.40. The SMILES string of the molecule is CC(C)=C(N(C(C)C)C(C)C)P(C(C)(C)C)C(C)(C)C. The molecular formula is C18H38NP. The van der Waals surface area contributed by atoms with Crippen molar-refractivity contribution in [3.8, 4) is 0 Å². The molecule has 0 aromatic rings. The molecule has 0 aliphatic rings. The van der Waals surface area contributed by atoms with E-state index in [4.69, 9.17) is 0 Å². The van der Waals surface area contributed by atoms with Gasteiger partial charge < -0.3 is 4.90 Å². The van der Waals surface area contributed by atoms with E-state index in [1.807, 2.05) is 0 Å². The van der Waals surface area contributed by atoms with Crippen molar-refractivity contribution in [2.24, 2.45) is 0 Å². The summed E-state index contributed by atoms with van der Waals surface area (Å²) in [6.07, 6.45) is 0. The summed E-state index contributed by atoms with van der Waals surface area (Å²) in [7, 11) is -0.244. The molecular weight excluding hydrogens is 261 g/mol. The molecule has 0 aliphatic carbocycles.